The van der Waals surface area contributed by atoms with Crippen LogP contribution in [0.15, 0.2) is 41.1 Å². The van der Waals surface area contributed by atoms with E-state index in [1.807, 2.05) is 18.3 Å². The Labute approximate surface area is 103 Å². The molecule has 0 aliphatic rings. The van der Waals surface area contributed by atoms with Gasteiger partial charge in [-0.25, -0.2) is 0 Å². The monoisotopic (exact) mass is 241 g/mol. The van der Waals surface area contributed by atoms with Gasteiger partial charge in [0.1, 0.15) is 5.76 Å². The molecule has 0 spiro atoms. The van der Waals surface area contributed by atoms with Gasteiger partial charge in [-0.15, -0.1) is 0 Å². The van der Waals surface area contributed by atoms with Crippen LogP contribution in [0.25, 0.3) is 10.9 Å². The van der Waals surface area contributed by atoms with Crippen molar-refractivity contribution in [2.45, 2.75) is 6.92 Å². The van der Waals surface area contributed by atoms with Gasteiger partial charge in [-0.3, -0.25) is 4.79 Å². The first-order valence-corrected chi connectivity index (χ1v) is 5.54. The van der Waals surface area contributed by atoms with Crippen LogP contribution < -0.4 is 5.32 Å². The molecule has 0 unspecified atom stereocenters. The molecule has 0 saturated carbocycles. The Morgan fingerprint density at radius 2 is 2.22 bits per heavy atom. The van der Waals surface area contributed by atoms with E-state index in [-0.39, 0.29) is 5.91 Å². The Hall–Kier alpha value is -2.56. The van der Waals surface area contributed by atoms with Crippen LogP contribution in [0.2, 0.25) is 0 Å². The highest BCUT2D eigenvalue weighted by atomic mass is 16.5. The minimum absolute atomic E-state index is 0.209. The summed E-state index contributed by atoms with van der Waals surface area (Å²) in [6.07, 6.45) is 1.84. The van der Waals surface area contributed by atoms with Gasteiger partial charge in [0.05, 0.1) is 0 Å². The zero-order valence-corrected chi connectivity index (χ0v) is 9.73. The predicted molar refractivity (Wildman–Crippen MR) is 67.5 cm³/mol. The van der Waals surface area contributed by atoms with Gasteiger partial charge in [-0.2, -0.15) is 0 Å². The number of amides is 1. The molecule has 0 saturated heterocycles. The fourth-order valence-corrected chi connectivity index (χ4v) is 1.80. The van der Waals surface area contributed by atoms with Gasteiger partial charge in [0.25, 0.3) is 5.91 Å². The predicted octanol–water partition coefficient (Wildman–Crippen LogP) is 2.72. The number of nitrogens with zero attached hydrogens (tertiary/aromatic N) is 1. The van der Waals surface area contributed by atoms with Crippen molar-refractivity contribution in [3.63, 3.8) is 0 Å². The molecular formula is C13H11N3O2. The number of aryl methyl sites for hydroxylation is 1. The summed E-state index contributed by atoms with van der Waals surface area (Å²) < 4.78 is 4.89. The van der Waals surface area contributed by atoms with E-state index in [0.29, 0.717) is 17.1 Å². The number of rotatable bonds is 2. The first kappa shape index (κ1) is 10.6. The van der Waals surface area contributed by atoms with Crippen molar-refractivity contribution in [1.82, 2.24) is 10.1 Å². The number of hydrogen-bond donors (Lipinski definition) is 2. The average Bonchev–Trinajstić information content (AvgIpc) is 2.96. The number of H-pyrrole nitrogens is 1. The van der Waals surface area contributed by atoms with E-state index in [1.165, 1.54) is 0 Å². The van der Waals surface area contributed by atoms with Crippen molar-refractivity contribution >= 4 is 22.6 Å². The van der Waals surface area contributed by atoms with Crippen LogP contribution in [0.4, 0.5) is 5.82 Å². The summed E-state index contributed by atoms with van der Waals surface area (Å²) in [6, 6.07) is 9.11. The van der Waals surface area contributed by atoms with E-state index in [2.05, 4.69) is 15.5 Å². The molecule has 0 radical (unpaired) electrons. The largest absolute Gasteiger partial charge is 0.361 e. The van der Waals surface area contributed by atoms with E-state index in [4.69, 9.17) is 4.52 Å². The van der Waals surface area contributed by atoms with Crippen LogP contribution in [0.3, 0.4) is 0 Å². The first-order valence-electron chi connectivity index (χ1n) is 5.54. The zero-order valence-electron chi connectivity index (χ0n) is 9.73. The highest BCUT2D eigenvalue weighted by Gasteiger charge is 2.09. The molecule has 0 bridgehead atoms. The number of benzene rings is 1. The SMILES string of the molecule is Cc1cc(NC(=O)c2ccc3cc[nH]c3c2)no1. The van der Waals surface area contributed by atoms with Gasteiger partial charge in [0.2, 0.25) is 0 Å². The Balaban J connectivity index is 1.87. The number of hydrogen-bond acceptors (Lipinski definition) is 3. The molecule has 2 aromatic heterocycles. The fourth-order valence-electron chi connectivity index (χ4n) is 1.80. The summed E-state index contributed by atoms with van der Waals surface area (Å²) in [5, 5.41) is 7.47. The number of anilines is 1. The Bertz CT molecular complexity index is 712. The van der Waals surface area contributed by atoms with E-state index < -0.39 is 0 Å². The van der Waals surface area contributed by atoms with Crippen molar-refractivity contribution in [3.8, 4) is 0 Å². The standard InChI is InChI=1S/C13H11N3O2/c1-8-6-12(16-18-8)15-13(17)10-3-2-9-4-5-14-11(9)7-10/h2-7,14H,1H3,(H,15,16,17). The van der Waals surface area contributed by atoms with Crippen LogP contribution in [-0.4, -0.2) is 16.0 Å². The summed E-state index contributed by atoms with van der Waals surface area (Å²) in [5.41, 5.74) is 1.50. The molecule has 3 aromatic rings. The van der Waals surface area contributed by atoms with Crippen LogP contribution >= 0.6 is 0 Å². The summed E-state index contributed by atoms with van der Waals surface area (Å²) in [5.74, 6) is 0.869. The molecule has 5 heteroatoms. The van der Waals surface area contributed by atoms with Crippen molar-refractivity contribution in [2.24, 2.45) is 0 Å². The molecule has 1 aromatic carbocycles. The summed E-state index contributed by atoms with van der Waals surface area (Å²) >= 11 is 0. The van der Waals surface area contributed by atoms with E-state index in [1.54, 1.807) is 25.1 Å². The van der Waals surface area contributed by atoms with Crippen LogP contribution in [-0.2, 0) is 0 Å². The third-order valence-electron chi connectivity index (χ3n) is 2.69. The summed E-state index contributed by atoms with van der Waals surface area (Å²) in [6.45, 7) is 1.77. The molecule has 0 aliphatic heterocycles. The van der Waals surface area contributed by atoms with E-state index in [0.717, 1.165) is 10.9 Å². The van der Waals surface area contributed by atoms with Gasteiger partial charge in [-0.1, -0.05) is 11.2 Å². The highest BCUT2D eigenvalue weighted by molar-refractivity contribution is 6.05. The molecule has 90 valence electrons. The maximum atomic E-state index is 12.0. The smallest absolute Gasteiger partial charge is 0.256 e. The fraction of sp³-hybridized carbons (Fsp3) is 0.0769. The minimum atomic E-state index is -0.209. The van der Waals surface area contributed by atoms with Gasteiger partial charge < -0.3 is 14.8 Å². The van der Waals surface area contributed by atoms with Crippen molar-refractivity contribution in [1.29, 1.82) is 0 Å². The third-order valence-corrected chi connectivity index (χ3v) is 2.69. The number of aromatic nitrogens is 2. The Morgan fingerprint density at radius 1 is 1.33 bits per heavy atom. The normalized spacial score (nSPS) is 10.7. The quantitative estimate of drug-likeness (QED) is 0.724. The highest BCUT2D eigenvalue weighted by Crippen LogP contribution is 2.15. The van der Waals surface area contributed by atoms with Gasteiger partial charge in [0, 0.05) is 23.3 Å². The van der Waals surface area contributed by atoms with Crippen LogP contribution in [0, 0.1) is 6.92 Å². The molecule has 0 aliphatic carbocycles. The lowest BCUT2D eigenvalue weighted by Gasteiger charge is -2.01. The number of nitrogens with one attached hydrogen (secondary N) is 2. The molecule has 5 nitrogen and oxygen atoms in total. The molecular weight excluding hydrogens is 230 g/mol. The maximum Gasteiger partial charge on any atom is 0.256 e. The lowest BCUT2D eigenvalue weighted by atomic mass is 10.1. The van der Waals surface area contributed by atoms with E-state index in [9.17, 15) is 4.79 Å². The van der Waals surface area contributed by atoms with Gasteiger partial charge in [0.15, 0.2) is 5.82 Å². The second-order valence-electron chi connectivity index (χ2n) is 4.06. The number of carbonyl (C=O) groups excluding carboxylic acids is 1. The molecule has 2 heterocycles. The average molecular weight is 241 g/mol. The van der Waals surface area contributed by atoms with Crippen LogP contribution in [0.5, 0.6) is 0 Å². The van der Waals surface area contributed by atoms with Crippen molar-refractivity contribution < 1.29 is 9.32 Å². The second-order valence-corrected chi connectivity index (χ2v) is 4.06. The number of aromatic amines is 1. The lowest BCUT2D eigenvalue weighted by Crippen LogP contribution is -2.11. The Kier molecular flexibility index (Phi) is 2.37. The van der Waals surface area contributed by atoms with E-state index >= 15 is 0 Å². The summed E-state index contributed by atoms with van der Waals surface area (Å²) in [4.78, 5) is 15.1. The second kappa shape index (κ2) is 4.03. The third kappa shape index (κ3) is 1.86. The Morgan fingerprint density at radius 3 is 3.00 bits per heavy atom. The molecule has 18 heavy (non-hydrogen) atoms. The van der Waals surface area contributed by atoms with Gasteiger partial charge >= 0.3 is 0 Å². The lowest BCUT2D eigenvalue weighted by molar-refractivity contribution is 0.102. The molecule has 2 N–H and O–H groups in total. The molecule has 1 amide bonds. The number of fused-ring (bicyclic) bond motifs is 1. The topological polar surface area (TPSA) is 70.9 Å². The van der Waals surface area contributed by atoms with Crippen LogP contribution in [0.1, 0.15) is 16.1 Å². The van der Waals surface area contributed by atoms with Gasteiger partial charge in [-0.05, 0) is 30.5 Å². The van der Waals surface area contributed by atoms with Crippen molar-refractivity contribution in [2.75, 3.05) is 5.32 Å². The first-order chi connectivity index (χ1) is 8.72. The molecule has 0 fully saturated rings. The van der Waals surface area contributed by atoms with Crippen molar-refractivity contribution in [3.05, 3.63) is 47.9 Å². The minimum Gasteiger partial charge on any atom is -0.361 e. The summed E-state index contributed by atoms with van der Waals surface area (Å²) in [7, 11) is 0. The maximum absolute atomic E-state index is 12.0. The number of carbonyl (C=O) groups is 1. The molecule has 3 rings (SSSR count). The molecule has 0 atom stereocenters. The zero-order chi connectivity index (χ0) is 12.5.